The van der Waals surface area contributed by atoms with Crippen molar-refractivity contribution in [2.45, 2.75) is 13.1 Å². The smallest absolute Gasteiger partial charge is 0.236 e. The molecule has 1 heterocycles. The summed E-state index contributed by atoms with van der Waals surface area (Å²) in [6, 6.07) is 8.10. The Kier molecular flexibility index (Phi) is 3.49. The molecular weight excluding hydrogens is 200 g/mol. The third-order valence-electron chi connectivity index (χ3n) is 2.37. The number of halogens is 1. The molecular formula is C10H13ClN2O. The summed E-state index contributed by atoms with van der Waals surface area (Å²) in [5.74, 6) is 0.0243. The van der Waals surface area contributed by atoms with E-state index in [1.165, 1.54) is 11.1 Å². The number of nitrogens with zero attached hydrogens (tertiary/aromatic N) is 1. The summed E-state index contributed by atoms with van der Waals surface area (Å²) in [5.41, 5.74) is 7.78. The van der Waals surface area contributed by atoms with E-state index in [-0.39, 0.29) is 24.9 Å². The van der Waals surface area contributed by atoms with Crippen LogP contribution in [-0.4, -0.2) is 17.4 Å². The topological polar surface area (TPSA) is 46.3 Å². The standard InChI is InChI=1S/C10H12N2O.ClH/c11-5-10(13)12-6-8-3-1-2-4-9(8)7-12;/h1-4H,5-7,11H2;1H. The molecule has 2 rings (SSSR count). The lowest BCUT2D eigenvalue weighted by atomic mass is 10.1. The number of carbonyl (C=O) groups excluding carboxylic acids is 1. The fourth-order valence-corrected chi connectivity index (χ4v) is 1.64. The van der Waals surface area contributed by atoms with Crippen molar-refractivity contribution in [1.82, 2.24) is 4.90 Å². The normalized spacial score (nSPS) is 13.4. The highest BCUT2D eigenvalue weighted by molar-refractivity contribution is 5.85. The van der Waals surface area contributed by atoms with Crippen LogP contribution < -0.4 is 5.73 Å². The average Bonchev–Trinajstić information content (AvgIpc) is 2.59. The van der Waals surface area contributed by atoms with E-state index in [2.05, 4.69) is 12.1 Å². The molecule has 0 saturated heterocycles. The van der Waals surface area contributed by atoms with Gasteiger partial charge in [0.2, 0.25) is 5.91 Å². The molecule has 76 valence electrons. The van der Waals surface area contributed by atoms with Gasteiger partial charge in [-0.2, -0.15) is 0 Å². The third-order valence-corrected chi connectivity index (χ3v) is 2.37. The summed E-state index contributed by atoms with van der Waals surface area (Å²) < 4.78 is 0. The van der Waals surface area contributed by atoms with E-state index in [1.807, 2.05) is 12.1 Å². The van der Waals surface area contributed by atoms with Crippen molar-refractivity contribution in [3.63, 3.8) is 0 Å². The molecule has 4 heteroatoms. The van der Waals surface area contributed by atoms with Crippen LogP contribution in [0.1, 0.15) is 11.1 Å². The van der Waals surface area contributed by atoms with Gasteiger partial charge in [0.05, 0.1) is 6.54 Å². The maximum atomic E-state index is 11.3. The predicted molar refractivity (Wildman–Crippen MR) is 57.0 cm³/mol. The minimum atomic E-state index is 0. The van der Waals surface area contributed by atoms with Crippen LogP contribution in [0.3, 0.4) is 0 Å². The first-order valence-electron chi connectivity index (χ1n) is 4.36. The van der Waals surface area contributed by atoms with E-state index in [1.54, 1.807) is 4.90 Å². The molecule has 1 amide bonds. The zero-order chi connectivity index (χ0) is 9.26. The monoisotopic (exact) mass is 212 g/mol. The van der Waals surface area contributed by atoms with Gasteiger partial charge in [0.15, 0.2) is 0 Å². The van der Waals surface area contributed by atoms with Crippen molar-refractivity contribution in [3.8, 4) is 0 Å². The van der Waals surface area contributed by atoms with E-state index in [9.17, 15) is 4.79 Å². The lowest BCUT2D eigenvalue weighted by molar-refractivity contribution is -0.130. The average molecular weight is 213 g/mol. The van der Waals surface area contributed by atoms with Crippen LogP contribution in [0.15, 0.2) is 24.3 Å². The Hall–Kier alpha value is -1.06. The van der Waals surface area contributed by atoms with Gasteiger partial charge in [-0.3, -0.25) is 4.79 Å². The second kappa shape index (κ2) is 4.44. The van der Waals surface area contributed by atoms with E-state index in [0.717, 1.165) is 0 Å². The second-order valence-corrected chi connectivity index (χ2v) is 3.22. The molecule has 1 aromatic carbocycles. The Balaban J connectivity index is 0.000000980. The maximum Gasteiger partial charge on any atom is 0.236 e. The van der Waals surface area contributed by atoms with Gasteiger partial charge in [-0.25, -0.2) is 0 Å². The Morgan fingerprint density at radius 3 is 2.21 bits per heavy atom. The molecule has 1 aromatic rings. The fourth-order valence-electron chi connectivity index (χ4n) is 1.64. The summed E-state index contributed by atoms with van der Waals surface area (Å²) in [6.07, 6.45) is 0. The number of hydrogen-bond acceptors (Lipinski definition) is 2. The van der Waals surface area contributed by atoms with Gasteiger partial charge < -0.3 is 10.6 Å². The minimum absolute atomic E-state index is 0. The first kappa shape index (κ1) is 11.0. The third kappa shape index (κ3) is 1.89. The molecule has 0 fully saturated rings. The van der Waals surface area contributed by atoms with Gasteiger partial charge >= 0.3 is 0 Å². The Morgan fingerprint density at radius 2 is 1.79 bits per heavy atom. The number of nitrogens with two attached hydrogens (primary N) is 1. The highest BCUT2D eigenvalue weighted by Gasteiger charge is 2.21. The van der Waals surface area contributed by atoms with Crippen LogP contribution in [-0.2, 0) is 17.9 Å². The highest BCUT2D eigenvalue weighted by Crippen LogP contribution is 2.21. The molecule has 2 N–H and O–H groups in total. The van der Waals surface area contributed by atoms with Gasteiger partial charge in [-0.05, 0) is 11.1 Å². The first-order chi connectivity index (χ1) is 6.31. The van der Waals surface area contributed by atoms with Gasteiger partial charge in [0.25, 0.3) is 0 Å². The molecule has 0 aliphatic carbocycles. The first-order valence-corrected chi connectivity index (χ1v) is 4.36. The molecule has 0 radical (unpaired) electrons. The largest absolute Gasteiger partial charge is 0.333 e. The van der Waals surface area contributed by atoms with Crippen LogP contribution in [0.4, 0.5) is 0 Å². The number of fused-ring (bicyclic) bond motifs is 1. The molecule has 1 aliphatic rings. The number of carbonyl (C=O) groups is 1. The van der Waals surface area contributed by atoms with Crippen molar-refractivity contribution in [2.24, 2.45) is 5.73 Å². The summed E-state index contributed by atoms with van der Waals surface area (Å²) in [4.78, 5) is 13.1. The van der Waals surface area contributed by atoms with Crippen molar-refractivity contribution >= 4 is 18.3 Å². The summed E-state index contributed by atoms with van der Waals surface area (Å²) in [7, 11) is 0. The number of hydrogen-bond donors (Lipinski definition) is 1. The molecule has 0 aromatic heterocycles. The van der Waals surface area contributed by atoms with Gasteiger partial charge in [0.1, 0.15) is 0 Å². The van der Waals surface area contributed by atoms with Crippen LogP contribution in [0.25, 0.3) is 0 Å². The zero-order valence-electron chi connectivity index (χ0n) is 7.77. The quantitative estimate of drug-likeness (QED) is 0.752. The minimum Gasteiger partial charge on any atom is -0.333 e. The number of rotatable bonds is 1. The summed E-state index contributed by atoms with van der Waals surface area (Å²) in [5, 5.41) is 0. The fraction of sp³-hybridized carbons (Fsp3) is 0.300. The SMILES string of the molecule is Cl.NCC(=O)N1Cc2ccccc2C1. The van der Waals surface area contributed by atoms with Crippen molar-refractivity contribution in [1.29, 1.82) is 0 Å². The van der Waals surface area contributed by atoms with Crippen LogP contribution in [0.2, 0.25) is 0 Å². The predicted octanol–water partition coefficient (Wildman–Crippen LogP) is 0.909. The summed E-state index contributed by atoms with van der Waals surface area (Å²) >= 11 is 0. The molecule has 0 bridgehead atoms. The van der Waals surface area contributed by atoms with E-state index in [0.29, 0.717) is 13.1 Å². The molecule has 14 heavy (non-hydrogen) atoms. The molecule has 0 spiro atoms. The Bertz CT molecular complexity index is 316. The lowest BCUT2D eigenvalue weighted by Gasteiger charge is -2.13. The van der Waals surface area contributed by atoms with Crippen LogP contribution in [0, 0.1) is 0 Å². The van der Waals surface area contributed by atoms with Crippen molar-refractivity contribution in [2.75, 3.05) is 6.54 Å². The van der Waals surface area contributed by atoms with Gasteiger partial charge in [-0.1, -0.05) is 24.3 Å². The van der Waals surface area contributed by atoms with E-state index >= 15 is 0 Å². The van der Waals surface area contributed by atoms with Crippen molar-refractivity contribution in [3.05, 3.63) is 35.4 Å². The Labute approximate surface area is 89.3 Å². The molecule has 0 atom stereocenters. The molecule has 1 aliphatic heterocycles. The van der Waals surface area contributed by atoms with E-state index in [4.69, 9.17) is 5.73 Å². The Morgan fingerprint density at radius 1 is 1.29 bits per heavy atom. The lowest BCUT2D eigenvalue weighted by Crippen LogP contribution is -2.31. The van der Waals surface area contributed by atoms with Crippen LogP contribution >= 0.6 is 12.4 Å². The number of amides is 1. The maximum absolute atomic E-state index is 11.3. The summed E-state index contributed by atoms with van der Waals surface area (Å²) in [6.45, 7) is 1.53. The second-order valence-electron chi connectivity index (χ2n) is 3.22. The molecule has 3 nitrogen and oxygen atoms in total. The van der Waals surface area contributed by atoms with Crippen LogP contribution in [0.5, 0.6) is 0 Å². The molecule has 0 saturated carbocycles. The van der Waals surface area contributed by atoms with Gasteiger partial charge in [-0.15, -0.1) is 12.4 Å². The number of benzene rings is 1. The van der Waals surface area contributed by atoms with Gasteiger partial charge in [0, 0.05) is 13.1 Å². The van der Waals surface area contributed by atoms with Crippen molar-refractivity contribution < 1.29 is 4.79 Å². The zero-order valence-corrected chi connectivity index (χ0v) is 8.59. The van der Waals surface area contributed by atoms with E-state index < -0.39 is 0 Å². The molecule has 0 unspecified atom stereocenters. The highest BCUT2D eigenvalue weighted by atomic mass is 35.5.